The molecule has 1 aliphatic rings. The second-order valence-electron chi connectivity index (χ2n) is 7.22. The van der Waals surface area contributed by atoms with Gasteiger partial charge >= 0.3 is 6.09 Å². The second kappa shape index (κ2) is 7.72. The lowest BCUT2D eigenvalue weighted by Crippen LogP contribution is -2.37. The third-order valence-corrected chi connectivity index (χ3v) is 3.65. The van der Waals surface area contributed by atoms with Crippen LogP contribution in [0.25, 0.3) is 0 Å². The van der Waals surface area contributed by atoms with Crippen LogP contribution in [0.5, 0.6) is 5.75 Å². The highest BCUT2D eigenvalue weighted by Gasteiger charge is 2.25. The number of hydrazone groups is 1. The van der Waals surface area contributed by atoms with E-state index in [0.29, 0.717) is 5.75 Å². The summed E-state index contributed by atoms with van der Waals surface area (Å²) in [6, 6.07) is 4.57. The molecule has 0 aliphatic carbocycles. The Labute approximate surface area is 147 Å². The Kier molecular flexibility index (Phi) is 5.87. The molecule has 0 bridgehead atoms. The quantitative estimate of drug-likeness (QED) is 0.855. The lowest BCUT2D eigenvalue weighted by Gasteiger charge is -2.23. The standard InChI is InChI=1S/C18H26FN3O3/c1-11(9-20-17(23)25-18(3,4)5)24-16-8-13(19)6-7-14(16)15-10-21-22-12(15)2/h6-8,10-12,15,22H,9H2,1-5H3,(H,20,23)/t11-,12?,15?/m0/s1. The van der Waals surface area contributed by atoms with Crippen molar-refractivity contribution in [3.63, 3.8) is 0 Å². The van der Waals surface area contributed by atoms with Gasteiger partial charge in [0.15, 0.2) is 0 Å². The number of ether oxygens (including phenoxy) is 2. The van der Waals surface area contributed by atoms with E-state index in [9.17, 15) is 9.18 Å². The lowest BCUT2D eigenvalue weighted by atomic mass is 9.94. The molecule has 0 radical (unpaired) electrons. The number of hydrogen-bond donors (Lipinski definition) is 2. The monoisotopic (exact) mass is 351 g/mol. The summed E-state index contributed by atoms with van der Waals surface area (Å²) < 4.78 is 24.7. The predicted octanol–water partition coefficient (Wildman–Crippen LogP) is 3.18. The van der Waals surface area contributed by atoms with Gasteiger partial charge in [0.05, 0.1) is 12.6 Å². The van der Waals surface area contributed by atoms with Gasteiger partial charge in [0.2, 0.25) is 0 Å². The summed E-state index contributed by atoms with van der Waals surface area (Å²) >= 11 is 0. The molecule has 0 saturated heterocycles. The molecule has 1 amide bonds. The molecule has 1 aromatic rings. The number of halogens is 1. The zero-order chi connectivity index (χ0) is 18.6. The van der Waals surface area contributed by atoms with Crippen LogP contribution in [0.4, 0.5) is 9.18 Å². The molecular formula is C18H26FN3O3. The average molecular weight is 351 g/mol. The summed E-state index contributed by atoms with van der Waals surface area (Å²) in [5.74, 6) is 0.0775. The molecule has 25 heavy (non-hydrogen) atoms. The van der Waals surface area contributed by atoms with Gasteiger partial charge in [-0.2, -0.15) is 5.10 Å². The highest BCUT2D eigenvalue weighted by atomic mass is 19.1. The SMILES string of the molecule is CC1NN=CC1c1ccc(F)cc1O[C@@H](C)CNC(=O)OC(C)(C)C. The number of carbonyl (C=O) groups is 1. The van der Waals surface area contributed by atoms with Gasteiger partial charge in [0.1, 0.15) is 23.3 Å². The van der Waals surface area contributed by atoms with Gasteiger partial charge in [0, 0.05) is 23.8 Å². The maximum Gasteiger partial charge on any atom is 0.407 e. The van der Waals surface area contributed by atoms with Crippen molar-refractivity contribution in [3.8, 4) is 5.75 Å². The predicted molar refractivity (Wildman–Crippen MR) is 94.6 cm³/mol. The number of nitrogens with one attached hydrogen (secondary N) is 2. The van der Waals surface area contributed by atoms with Gasteiger partial charge in [-0.05, 0) is 40.7 Å². The van der Waals surface area contributed by atoms with Gasteiger partial charge in [0.25, 0.3) is 0 Å². The number of hydrogen-bond acceptors (Lipinski definition) is 5. The topological polar surface area (TPSA) is 72.0 Å². The summed E-state index contributed by atoms with van der Waals surface area (Å²) in [6.07, 6.45) is 0.923. The smallest absolute Gasteiger partial charge is 0.407 e. The van der Waals surface area contributed by atoms with Crippen LogP contribution in [-0.4, -0.2) is 36.6 Å². The van der Waals surface area contributed by atoms with E-state index in [1.165, 1.54) is 12.1 Å². The summed E-state index contributed by atoms with van der Waals surface area (Å²) in [5.41, 5.74) is 3.26. The van der Waals surface area contributed by atoms with Crippen molar-refractivity contribution in [1.29, 1.82) is 0 Å². The van der Waals surface area contributed by atoms with Crippen molar-refractivity contribution in [2.45, 2.75) is 58.3 Å². The van der Waals surface area contributed by atoms with Crippen LogP contribution in [0.15, 0.2) is 23.3 Å². The number of benzene rings is 1. The first-order valence-electron chi connectivity index (χ1n) is 8.37. The van der Waals surface area contributed by atoms with Crippen molar-refractivity contribution >= 4 is 12.3 Å². The molecule has 138 valence electrons. The molecular weight excluding hydrogens is 325 g/mol. The molecule has 1 aliphatic heterocycles. The Bertz CT molecular complexity index is 643. The lowest BCUT2D eigenvalue weighted by molar-refractivity contribution is 0.0504. The highest BCUT2D eigenvalue weighted by Crippen LogP contribution is 2.31. The molecule has 2 rings (SSSR count). The normalized spacial score (nSPS) is 20.7. The van der Waals surface area contributed by atoms with E-state index in [4.69, 9.17) is 9.47 Å². The fourth-order valence-corrected chi connectivity index (χ4v) is 2.49. The van der Waals surface area contributed by atoms with Gasteiger partial charge in [-0.3, -0.25) is 0 Å². The first kappa shape index (κ1) is 19.0. The molecule has 0 aromatic heterocycles. The van der Waals surface area contributed by atoms with Crippen molar-refractivity contribution in [1.82, 2.24) is 10.7 Å². The highest BCUT2D eigenvalue weighted by molar-refractivity contribution is 5.72. The van der Waals surface area contributed by atoms with E-state index < -0.39 is 11.7 Å². The number of carbonyl (C=O) groups excluding carboxylic acids is 1. The zero-order valence-electron chi connectivity index (χ0n) is 15.3. The van der Waals surface area contributed by atoms with Gasteiger partial charge < -0.3 is 20.2 Å². The first-order valence-corrected chi connectivity index (χ1v) is 8.37. The molecule has 6 nitrogen and oxygen atoms in total. The molecule has 2 N–H and O–H groups in total. The minimum Gasteiger partial charge on any atom is -0.488 e. The Morgan fingerprint density at radius 3 is 2.76 bits per heavy atom. The molecule has 1 aromatic carbocycles. The number of nitrogens with zero attached hydrogens (tertiary/aromatic N) is 1. The van der Waals surface area contributed by atoms with E-state index in [-0.39, 0.29) is 30.4 Å². The molecule has 2 unspecified atom stereocenters. The van der Waals surface area contributed by atoms with Crippen molar-refractivity contribution in [2.24, 2.45) is 5.10 Å². The Hall–Kier alpha value is -2.31. The maximum absolute atomic E-state index is 13.7. The maximum atomic E-state index is 13.7. The summed E-state index contributed by atoms with van der Waals surface area (Å²) in [4.78, 5) is 11.7. The minimum atomic E-state index is -0.561. The molecule has 1 heterocycles. The van der Waals surface area contributed by atoms with E-state index in [2.05, 4.69) is 15.8 Å². The molecule has 0 fully saturated rings. The molecule has 0 spiro atoms. The Morgan fingerprint density at radius 2 is 2.16 bits per heavy atom. The van der Waals surface area contributed by atoms with Crippen molar-refractivity contribution in [3.05, 3.63) is 29.6 Å². The second-order valence-corrected chi connectivity index (χ2v) is 7.22. The Balaban J connectivity index is 2.00. The van der Waals surface area contributed by atoms with E-state index in [0.717, 1.165) is 5.56 Å². The van der Waals surface area contributed by atoms with E-state index >= 15 is 0 Å². The summed E-state index contributed by atoms with van der Waals surface area (Å²) in [6.45, 7) is 9.43. The molecule has 7 heteroatoms. The van der Waals surface area contributed by atoms with Crippen LogP contribution in [0.1, 0.15) is 46.1 Å². The molecule has 3 atom stereocenters. The van der Waals surface area contributed by atoms with Gasteiger partial charge in [-0.15, -0.1) is 0 Å². The number of rotatable bonds is 5. The van der Waals surface area contributed by atoms with Crippen LogP contribution >= 0.6 is 0 Å². The minimum absolute atomic E-state index is 0.00150. The summed E-state index contributed by atoms with van der Waals surface area (Å²) in [5, 5.41) is 6.71. The first-order chi connectivity index (χ1) is 11.7. The van der Waals surface area contributed by atoms with Crippen molar-refractivity contribution in [2.75, 3.05) is 6.54 Å². The van der Waals surface area contributed by atoms with E-state index in [1.807, 2.05) is 6.92 Å². The van der Waals surface area contributed by atoms with Crippen LogP contribution in [0.2, 0.25) is 0 Å². The third-order valence-electron chi connectivity index (χ3n) is 3.65. The van der Waals surface area contributed by atoms with Gasteiger partial charge in [-0.1, -0.05) is 6.07 Å². The fourth-order valence-electron chi connectivity index (χ4n) is 2.49. The van der Waals surface area contributed by atoms with E-state index in [1.54, 1.807) is 40.0 Å². The number of amides is 1. The van der Waals surface area contributed by atoms with Gasteiger partial charge in [-0.25, -0.2) is 9.18 Å². The van der Waals surface area contributed by atoms with Crippen LogP contribution in [0.3, 0.4) is 0 Å². The van der Waals surface area contributed by atoms with Crippen LogP contribution in [-0.2, 0) is 4.74 Å². The molecule has 0 saturated carbocycles. The number of alkyl carbamates (subject to hydrolysis) is 1. The zero-order valence-corrected chi connectivity index (χ0v) is 15.3. The van der Waals surface area contributed by atoms with Crippen LogP contribution < -0.4 is 15.5 Å². The van der Waals surface area contributed by atoms with Crippen LogP contribution in [0, 0.1) is 5.82 Å². The average Bonchev–Trinajstić information content (AvgIpc) is 2.90. The fraction of sp³-hybridized carbons (Fsp3) is 0.556. The van der Waals surface area contributed by atoms with Crippen molar-refractivity contribution < 1.29 is 18.7 Å². The Morgan fingerprint density at radius 1 is 1.44 bits per heavy atom. The summed E-state index contributed by atoms with van der Waals surface area (Å²) in [7, 11) is 0. The largest absolute Gasteiger partial charge is 0.488 e. The third kappa shape index (κ3) is 5.62.